The Labute approximate surface area is 128 Å². The number of nitrogens with one attached hydrogen (secondary N) is 2. The van der Waals surface area contributed by atoms with Gasteiger partial charge in [-0.25, -0.2) is 0 Å². The van der Waals surface area contributed by atoms with E-state index in [4.69, 9.17) is 11.6 Å². The maximum absolute atomic E-state index is 11.8. The summed E-state index contributed by atoms with van der Waals surface area (Å²) >= 11 is 5.85. The van der Waals surface area contributed by atoms with Crippen molar-refractivity contribution in [2.24, 2.45) is 0 Å². The molecule has 0 fully saturated rings. The number of ketones is 1. The van der Waals surface area contributed by atoms with E-state index in [-0.39, 0.29) is 18.2 Å². The third-order valence-electron chi connectivity index (χ3n) is 2.85. The molecule has 0 aliphatic rings. The molecule has 0 heterocycles. The van der Waals surface area contributed by atoms with Crippen LogP contribution in [-0.2, 0) is 4.79 Å². The molecule has 21 heavy (non-hydrogen) atoms. The van der Waals surface area contributed by atoms with E-state index < -0.39 is 0 Å². The van der Waals surface area contributed by atoms with Gasteiger partial charge in [-0.15, -0.1) is 0 Å². The van der Waals surface area contributed by atoms with E-state index >= 15 is 0 Å². The first-order valence-electron chi connectivity index (χ1n) is 6.45. The largest absolute Gasteiger partial charge is 0.376 e. The van der Waals surface area contributed by atoms with Gasteiger partial charge in [0, 0.05) is 22.0 Å². The molecule has 0 atom stereocenters. The molecule has 1 amide bonds. The summed E-state index contributed by atoms with van der Waals surface area (Å²) in [4.78, 5) is 23.0. The van der Waals surface area contributed by atoms with E-state index in [1.54, 1.807) is 48.5 Å². The minimum Gasteiger partial charge on any atom is -0.376 e. The van der Waals surface area contributed by atoms with E-state index in [2.05, 4.69) is 10.6 Å². The van der Waals surface area contributed by atoms with Crippen molar-refractivity contribution < 1.29 is 9.59 Å². The second-order valence-corrected chi connectivity index (χ2v) is 4.98. The maximum Gasteiger partial charge on any atom is 0.243 e. The van der Waals surface area contributed by atoms with Gasteiger partial charge in [0.1, 0.15) is 0 Å². The second-order valence-electron chi connectivity index (χ2n) is 4.55. The van der Waals surface area contributed by atoms with Crippen molar-refractivity contribution in [3.8, 4) is 0 Å². The Kier molecular flexibility index (Phi) is 4.95. The van der Waals surface area contributed by atoms with Crippen LogP contribution in [0, 0.1) is 0 Å². The zero-order valence-corrected chi connectivity index (χ0v) is 12.3. The molecule has 2 rings (SSSR count). The van der Waals surface area contributed by atoms with Crippen LogP contribution in [-0.4, -0.2) is 18.2 Å². The standard InChI is InChI=1S/C16H15ClN2O2/c1-11(20)12-5-7-14(8-6-12)18-10-16(21)19-15-4-2-3-13(17)9-15/h2-9,18H,10H2,1H3,(H,19,21). The van der Waals surface area contributed by atoms with E-state index in [1.807, 2.05) is 0 Å². The number of hydrogen-bond acceptors (Lipinski definition) is 3. The van der Waals surface area contributed by atoms with Crippen molar-refractivity contribution in [2.75, 3.05) is 17.2 Å². The van der Waals surface area contributed by atoms with Gasteiger partial charge in [0.05, 0.1) is 6.54 Å². The summed E-state index contributed by atoms with van der Waals surface area (Å²) in [6, 6.07) is 13.9. The number of anilines is 2. The topological polar surface area (TPSA) is 58.2 Å². The van der Waals surface area contributed by atoms with Gasteiger partial charge in [-0.3, -0.25) is 9.59 Å². The van der Waals surface area contributed by atoms with Crippen molar-refractivity contribution in [3.05, 3.63) is 59.1 Å². The predicted octanol–water partition coefficient (Wildman–Crippen LogP) is 3.59. The summed E-state index contributed by atoms with van der Waals surface area (Å²) in [6.07, 6.45) is 0. The molecule has 2 aromatic carbocycles. The Morgan fingerprint density at radius 2 is 1.76 bits per heavy atom. The van der Waals surface area contributed by atoms with Crippen LogP contribution in [0.25, 0.3) is 0 Å². The average Bonchev–Trinajstić information content (AvgIpc) is 2.45. The van der Waals surface area contributed by atoms with Crippen LogP contribution in [0.5, 0.6) is 0 Å². The molecule has 0 aliphatic carbocycles. The summed E-state index contributed by atoms with van der Waals surface area (Å²) in [5.41, 5.74) is 2.08. The first-order chi connectivity index (χ1) is 10.0. The summed E-state index contributed by atoms with van der Waals surface area (Å²) < 4.78 is 0. The third-order valence-corrected chi connectivity index (χ3v) is 3.09. The first-order valence-corrected chi connectivity index (χ1v) is 6.83. The fourth-order valence-electron chi connectivity index (χ4n) is 1.78. The zero-order valence-electron chi connectivity index (χ0n) is 11.5. The minimum atomic E-state index is -0.173. The van der Waals surface area contributed by atoms with Crippen molar-refractivity contribution >= 4 is 34.7 Å². The number of carbonyl (C=O) groups excluding carboxylic acids is 2. The molecule has 4 nitrogen and oxygen atoms in total. The Balaban J connectivity index is 1.87. The van der Waals surface area contributed by atoms with E-state index in [0.717, 1.165) is 5.69 Å². The van der Waals surface area contributed by atoms with Gasteiger partial charge in [-0.05, 0) is 49.4 Å². The molecule has 0 bridgehead atoms. The van der Waals surface area contributed by atoms with Gasteiger partial charge in [0.15, 0.2) is 5.78 Å². The molecule has 0 unspecified atom stereocenters. The molecule has 0 aliphatic heterocycles. The quantitative estimate of drug-likeness (QED) is 0.830. The summed E-state index contributed by atoms with van der Waals surface area (Å²) in [5, 5.41) is 6.30. The average molecular weight is 303 g/mol. The fourth-order valence-corrected chi connectivity index (χ4v) is 1.97. The monoisotopic (exact) mass is 302 g/mol. The number of benzene rings is 2. The summed E-state index contributed by atoms with van der Waals surface area (Å²) in [7, 11) is 0. The molecule has 2 aromatic rings. The van der Waals surface area contributed by atoms with Crippen LogP contribution in [0.1, 0.15) is 17.3 Å². The normalized spacial score (nSPS) is 10.0. The number of carbonyl (C=O) groups is 2. The van der Waals surface area contributed by atoms with E-state index in [1.165, 1.54) is 6.92 Å². The highest BCUT2D eigenvalue weighted by Gasteiger charge is 2.03. The Morgan fingerprint density at radius 1 is 1.05 bits per heavy atom. The Bertz CT molecular complexity index is 654. The number of rotatable bonds is 5. The van der Waals surface area contributed by atoms with Gasteiger partial charge in [0.25, 0.3) is 0 Å². The molecular formula is C16H15ClN2O2. The van der Waals surface area contributed by atoms with Gasteiger partial charge in [-0.1, -0.05) is 17.7 Å². The Hall–Kier alpha value is -2.33. The van der Waals surface area contributed by atoms with Crippen LogP contribution in [0.3, 0.4) is 0 Å². The lowest BCUT2D eigenvalue weighted by Gasteiger charge is -2.08. The summed E-state index contributed by atoms with van der Waals surface area (Å²) in [5.74, 6) is -0.159. The van der Waals surface area contributed by atoms with Crippen LogP contribution >= 0.6 is 11.6 Å². The molecule has 0 spiro atoms. The van der Waals surface area contributed by atoms with Gasteiger partial charge < -0.3 is 10.6 Å². The van der Waals surface area contributed by atoms with Gasteiger partial charge >= 0.3 is 0 Å². The number of amides is 1. The van der Waals surface area contributed by atoms with Gasteiger partial charge in [0.2, 0.25) is 5.91 Å². The molecule has 108 valence electrons. The minimum absolute atomic E-state index is 0.0141. The predicted molar refractivity (Wildman–Crippen MR) is 85.0 cm³/mol. The SMILES string of the molecule is CC(=O)c1ccc(NCC(=O)Nc2cccc(Cl)c2)cc1. The molecule has 0 saturated heterocycles. The van der Waals surface area contributed by atoms with E-state index in [0.29, 0.717) is 16.3 Å². The van der Waals surface area contributed by atoms with Crippen molar-refractivity contribution in [3.63, 3.8) is 0 Å². The number of hydrogen-bond donors (Lipinski definition) is 2. The second kappa shape index (κ2) is 6.90. The maximum atomic E-state index is 11.8. The van der Waals surface area contributed by atoms with Crippen LogP contribution in [0.4, 0.5) is 11.4 Å². The number of Topliss-reactive ketones (excluding diaryl/α,β-unsaturated/α-hetero) is 1. The lowest BCUT2D eigenvalue weighted by atomic mass is 10.1. The highest BCUT2D eigenvalue weighted by molar-refractivity contribution is 6.30. The molecule has 2 N–H and O–H groups in total. The van der Waals surface area contributed by atoms with Crippen molar-refractivity contribution in [2.45, 2.75) is 6.92 Å². The molecule has 5 heteroatoms. The molecular weight excluding hydrogens is 288 g/mol. The lowest BCUT2D eigenvalue weighted by molar-refractivity contribution is -0.114. The smallest absolute Gasteiger partial charge is 0.243 e. The fraction of sp³-hybridized carbons (Fsp3) is 0.125. The highest BCUT2D eigenvalue weighted by atomic mass is 35.5. The Morgan fingerprint density at radius 3 is 2.38 bits per heavy atom. The first kappa shape index (κ1) is 15.1. The van der Waals surface area contributed by atoms with Gasteiger partial charge in [-0.2, -0.15) is 0 Å². The molecule has 0 radical (unpaired) electrons. The number of halogens is 1. The third kappa shape index (κ3) is 4.61. The molecule has 0 saturated carbocycles. The lowest BCUT2D eigenvalue weighted by Crippen LogP contribution is -2.21. The summed E-state index contributed by atoms with van der Waals surface area (Å²) in [6.45, 7) is 1.65. The highest BCUT2D eigenvalue weighted by Crippen LogP contribution is 2.15. The molecule has 0 aromatic heterocycles. The van der Waals surface area contributed by atoms with Crippen molar-refractivity contribution in [1.82, 2.24) is 0 Å². The van der Waals surface area contributed by atoms with Crippen LogP contribution in [0.2, 0.25) is 5.02 Å². The zero-order chi connectivity index (χ0) is 15.2. The van der Waals surface area contributed by atoms with Crippen LogP contribution in [0.15, 0.2) is 48.5 Å². The van der Waals surface area contributed by atoms with Crippen molar-refractivity contribution in [1.29, 1.82) is 0 Å². The van der Waals surface area contributed by atoms with Crippen LogP contribution < -0.4 is 10.6 Å². The van der Waals surface area contributed by atoms with E-state index in [9.17, 15) is 9.59 Å².